The van der Waals surface area contributed by atoms with E-state index in [0.29, 0.717) is 13.2 Å². The molecule has 0 saturated carbocycles. The van der Waals surface area contributed by atoms with Crippen molar-refractivity contribution in [3.05, 3.63) is 36.4 Å². The Morgan fingerprint density at radius 3 is 1.63 bits per heavy atom. The Morgan fingerprint density at radius 2 is 1.26 bits per heavy atom. The Hall–Kier alpha value is -2.62. The summed E-state index contributed by atoms with van der Waals surface area (Å²) in [6, 6.07) is 10.1. The smallest absolute Gasteiger partial charge is 0.116 e. The maximum atomic E-state index is 9.14. The van der Waals surface area contributed by atoms with Crippen LogP contribution in [0.15, 0.2) is 36.4 Å². The van der Waals surface area contributed by atoms with Crippen LogP contribution in [0, 0.1) is 24.7 Å². The van der Waals surface area contributed by atoms with Gasteiger partial charge in [0.1, 0.15) is 24.7 Å². The largest absolute Gasteiger partial charge is 0.508 e. The summed E-state index contributed by atoms with van der Waals surface area (Å²) < 4.78 is 4.66. The third kappa shape index (κ3) is 5.04. The van der Waals surface area contributed by atoms with Gasteiger partial charge in [0.05, 0.1) is 0 Å². The standard InChI is InChI=1S/C10H8O2.C6H6O/c11-9-3-1-7-5-10(12)4-2-8(7)6-9;1-3-5-7-6-4-2/h1-6,11-12H;1-2H,5-6H2. The molecule has 0 radical (unpaired) electrons. The molecule has 0 bridgehead atoms. The molecule has 2 aromatic rings. The average Bonchev–Trinajstić information content (AvgIpc) is 2.40. The van der Waals surface area contributed by atoms with E-state index in [0.717, 1.165) is 10.8 Å². The van der Waals surface area contributed by atoms with Crippen molar-refractivity contribution in [1.29, 1.82) is 0 Å². The summed E-state index contributed by atoms with van der Waals surface area (Å²) in [7, 11) is 0. The van der Waals surface area contributed by atoms with Gasteiger partial charge in [-0.3, -0.25) is 0 Å². The van der Waals surface area contributed by atoms with Gasteiger partial charge in [-0.2, -0.15) is 0 Å². The van der Waals surface area contributed by atoms with Crippen LogP contribution in [0.5, 0.6) is 11.5 Å². The molecule has 2 aromatic carbocycles. The number of rotatable bonds is 2. The van der Waals surface area contributed by atoms with Crippen LogP contribution >= 0.6 is 0 Å². The van der Waals surface area contributed by atoms with Crippen LogP contribution in [0.4, 0.5) is 0 Å². The summed E-state index contributed by atoms with van der Waals surface area (Å²) in [5, 5.41) is 20.1. The zero-order chi connectivity index (χ0) is 14.1. The lowest BCUT2D eigenvalue weighted by Crippen LogP contribution is -1.89. The number of ether oxygens (including phenoxy) is 1. The molecule has 0 unspecified atom stereocenters. The fourth-order valence-electron chi connectivity index (χ4n) is 1.39. The quantitative estimate of drug-likeness (QED) is 0.639. The Morgan fingerprint density at radius 1 is 0.842 bits per heavy atom. The Labute approximate surface area is 112 Å². The van der Waals surface area contributed by atoms with Crippen LogP contribution in [0.1, 0.15) is 0 Å². The van der Waals surface area contributed by atoms with Crippen molar-refractivity contribution in [1.82, 2.24) is 0 Å². The summed E-state index contributed by atoms with van der Waals surface area (Å²) in [5.74, 6) is 5.06. The Kier molecular flexibility index (Phi) is 5.82. The second-order valence-electron chi connectivity index (χ2n) is 3.62. The first-order valence-electron chi connectivity index (χ1n) is 5.54. The van der Waals surface area contributed by atoms with E-state index in [4.69, 9.17) is 23.1 Å². The van der Waals surface area contributed by atoms with Crippen molar-refractivity contribution in [2.24, 2.45) is 0 Å². The summed E-state index contributed by atoms with van der Waals surface area (Å²) in [4.78, 5) is 0. The number of fused-ring (bicyclic) bond motifs is 1. The third-order valence-electron chi connectivity index (χ3n) is 2.18. The molecule has 2 rings (SSSR count). The molecule has 0 aliphatic carbocycles. The molecule has 96 valence electrons. The van der Waals surface area contributed by atoms with Gasteiger partial charge in [0, 0.05) is 0 Å². The molecule has 0 atom stereocenters. The lowest BCUT2D eigenvalue weighted by atomic mass is 10.1. The minimum Gasteiger partial charge on any atom is -0.508 e. The van der Waals surface area contributed by atoms with Crippen LogP contribution < -0.4 is 0 Å². The number of benzene rings is 2. The first-order valence-corrected chi connectivity index (χ1v) is 5.54. The molecule has 3 heteroatoms. The molecule has 0 spiro atoms. The first-order chi connectivity index (χ1) is 9.17. The van der Waals surface area contributed by atoms with Gasteiger partial charge in [-0.15, -0.1) is 12.8 Å². The zero-order valence-corrected chi connectivity index (χ0v) is 10.3. The molecule has 0 saturated heterocycles. The van der Waals surface area contributed by atoms with E-state index >= 15 is 0 Å². The second kappa shape index (κ2) is 7.66. The van der Waals surface area contributed by atoms with Gasteiger partial charge >= 0.3 is 0 Å². The molecule has 0 aliphatic heterocycles. The zero-order valence-electron chi connectivity index (χ0n) is 10.3. The monoisotopic (exact) mass is 254 g/mol. The van der Waals surface area contributed by atoms with Crippen LogP contribution in [0.3, 0.4) is 0 Å². The van der Waals surface area contributed by atoms with Gasteiger partial charge in [-0.05, 0) is 35.0 Å². The van der Waals surface area contributed by atoms with E-state index in [-0.39, 0.29) is 11.5 Å². The molecule has 3 nitrogen and oxygen atoms in total. The first kappa shape index (κ1) is 14.4. The van der Waals surface area contributed by atoms with Gasteiger partial charge < -0.3 is 14.9 Å². The highest BCUT2D eigenvalue weighted by Gasteiger charge is 1.95. The van der Waals surface area contributed by atoms with Gasteiger partial charge in [0.2, 0.25) is 0 Å². The summed E-state index contributed by atoms with van der Waals surface area (Å²) in [5.41, 5.74) is 0. The minimum atomic E-state index is 0.244. The number of phenols is 2. The Bertz CT molecular complexity index is 563. The lowest BCUT2D eigenvalue weighted by molar-refractivity contribution is 0.205. The fourth-order valence-corrected chi connectivity index (χ4v) is 1.39. The Balaban J connectivity index is 0.000000224. The number of terminal acetylenes is 2. The lowest BCUT2D eigenvalue weighted by Gasteiger charge is -1.98. The van der Waals surface area contributed by atoms with Gasteiger partial charge in [0.25, 0.3) is 0 Å². The molecule has 19 heavy (non-hydrogen) atoms. The SMILES string of the molecule is C#CCOCC#C.Oc1ccc2cc(O)ccc2c1. The summed E-state index contributed by atoms with van der Waals surface area (Å²) in [6.45, 7) is 0.619. The minimum absolute atomic E-state index is 0.244. The predicted octanol–water partition coefficient (Wildman–Crippen LogP) is 2.52. The number of phenolic OH excluding ortho intramolecular Hbond substituents is 2. The maximum Gasteiger partial charge on any atom is 0.116 e. The highest BCUT2D eigenvalue weighted by Crippen LogP contribution is 2.23. The molecule has 0 aromatic heterocycles. The van der Waals surface area contributed by atoms with E-state index in [9.17, 15) is 0 Å². The van der Waals surface area contributed by atoms with Crippen molar-refractivity contribution in [2.75, 3.05) is 13.2 Å². The van der Waals surface area contributed by atoms with Crippen LogP contribution in [0.2, 0.25) is 0 Å². The van der Waals surface area contributed by atoms with Crippen LogP contribution in [-0.4, -0.2) is 23.4 Å². The predicted molar refractivity (Wildman–Crippen MR) is 75.8 cm³/mol. The molecule has 0 fully saturated rings. The van der Waals surface area contributed by atoms with E-state index in [2.05, 4.69) is 16.6 Å². The van der Waals surface area contributed by atoms with Crippen molar-refractivity contribution in [2.45, 2.75) is 0 Å². The second-order valence-corrected chi connectivity index (χ2v) is 3.62. The van der Waals surface area contributed by atoms with E-state index in [1.54, 1.807) is 36.4 Å². The van der Waals surface area contributed by atoms with E-state index in [1.807, 2.05) is 0 Å². The van der Waals surface area contributed by atoms with Crippen molar-refractivity contribution in [3.63, 3.8) is 0 Å². The van der Waals surface area contributed by atoms with Crippen LogP contribution in [-0.2, 0) is 4.74 Å². The molecule has 0 heterocycles. The summed E-state index contributed by atoms with van der Waals surface area (Å²) in [6.07, 6.45) is 9.65. The van der Waals surface area contributed by atoms with Crippen molar-refractivity contribution in [3.8, 4) is 36.2 Å². The van der Waals surface area contributed by atoms with Gasteiger partial charge in [0.15, 0.2) is 0 Å². The third-order valence-corrected chi connectivity index (χ3v) is 2.18. The van der Waals surface area contributed by atoms with E-state index in [1.165, 1.54) is 0 Å². The van der Waals surface area contributed by atoms with Gasteiger partial charge in [-0.25, -0.2) is 0 Å². The molecule has 0 aliphatic rings. The molecular formula is C16H14O3. The number of hydrogen-bond acceptors (Lipinski definition) is 3. The average molecular weight is 254 g/mol. The van der Waals surface area contributed by atoms with Gasteiger partial charge in [-0.1, -0.05) is 24.0 Å². The maximum absolute atomic E-state index is 9.14. The highest BCUT2D eigenvalue weighted by atomic mass is 16.5. The topological polar surface area (TPSA) is 49.7 Å². The number of aromatic hydroxyl groups is 2. The molecular weight excluding hydrogens is 240 g/mol. The number of hydrogen-bond donors (Lipinski definition) is 2. The van der Waals surface area contributed by atoms with Crippen LogP contribution in [0.25, 0.3) is 10.8 Å². The van der Waals surface area contributed by atoms with E-state index < -0.39 is 0 Å². The highest BCUT2D eigenvalue weighted by molar-refractivity contribution is 5.84. The molecule has 2 N–H and O–H groups in total. The normalized spacial score (nSPS) is 8.95. The fraction of sp³-hybridized carbons (Fsp3) is 0.125. The van der Waals surface area contributed by atoms with Crippen molar-refractivity contribution >= 4 is 10.8 Å². The van der Waals surface area contributed by atoms with Crippen molar-refractivity contribution < 1.29 is 14.9 Å². The molecule has 0 amide bonds. The summed E-state index contributed by atoms with van der Waals surface area (Å²) >= 11 is 0.